The monoisotopic (exact) mass is 223 g/mol. The van der Waals surface area contributed by atoms with E-state index < -0.39 is 0 Å². The van der Waals surface area contributed by atoms with Gasteiger partial charge in [0.2, 0.25) is 0 Å². The average molecular weight is 223 g/mol. The van der Waals surface area contributed by atoms with Crippen molar-refractivity contribution in [1.82, 2.24) is 5.32 Å². The Labute approximate surface area is 95.2 Å². The van der Waals surface area contributed by atoms with E-state index in [1.165, 1.54) is 0 Å². The van der Waals surface area contributed by atoms with E-state index in [4.69, 9.17) is 14.6 Å². The Hall–Kier alpha value is -1.26. The molecule has 0 saturated heterocycles. The van der Waals surface area contributed by atoms with Gasteiger partial charge < -0.3 is 19.9 Å². The van der Waals surface area contributed by atoms with Gasteiger partial charge in [-0.1, -0.05) is 12.1 Å². The second kappa shape index (κ2) is 5.18. The summed E-state index contributed by atoms with van der Waals surface area (Å²) in [5.41, 5.74) is 0. The SMILES string of the molecule is CNC(CCO)C1COc2ccccc2O1. The van der Waals surface area contributed by atoms with Crippen molar-refractivity contribution < 1.29 is 14.6 Å². The highest BCUT2D eigenvalue weighted by Gasteiger charge is 2.27. The highest BCUT2D eigenvalue weighted by Crippen LogP contribution is 2.31. The predicted molar refractivity (Wildman–Crippen MR) is 60.9 cm³/mol. The highest BCUT2D eigenvalue weighted by molar-refractivity contribution is 5.40. The Morgan fingerprint density at radius 3 is 2.88 bits per heavy atom. The Morgan fingerprint density at radius 2 is 2.19 bits per heavy atom. The predicted octanol–water partition coefficient (Wildman–Crippen LogP) is 0.797. The lowest BCUT2D eigenvalue weighted by Gasteiger charge is -2.31. The first kappa shape index (κ1) is 11.2. The molecular formula is C12H17NO3. The standard InChI is InChI=1S/C12H17NO3/c1-13-9(6-7-14)12-8-15-10-4-2-3-5-11(10)16-12/h2-5,9,12-14H,6-8H2,1H3. The molecule has 2 rings (SSSR count). The largest absolute Gasteiger partial charge is 0.486 e. The molecular weight excluding hydrogens is 206 g/mol. The zero-order valence-corrected chi connectivity index (χ0v) is 9.35. The number of hydrogen-bond acceptors (Lipinski definition) is 4. The van der Waals surface area contributed by atoms with Gasteiger partial charge in [0.15, 0.2) is 11.5 Å². The van der Waals surface area contributed by atoms with E-state index in [1.807, 2.05) is 31.3 Å². The maximum atomic E-state index is 8.96. The number of aliphatic hydroxyl groups is 1. The van der Waals surface area contributed by atoms with Gasteiger partial charge in [-0.15, -0.1) is 0 Å². The first-order chi connectivity index (χ1) is 7.85. The fourth-order valence-corrected chi connectivity index (χ4v) is 1.89. The molecule has 1 aliphatic rings. The van der Waals surface area contributed by atoms with Gasteiger partial charge in [0.1, 0.15) is 12.7 Å². The van der Waals surface area contributed by atoms with E-state index in [9.17, 15) is 0 Å². The summed E-state index contributed by atoms with van der Waals surface area (Å²) in [7, 11) is 1.87. The minimum Gasteiger partial charge on any atom is -0.486 e. The van der Waals surface area contributed by atoms with Crippen LogP contribution < -0.4 is 14.8 Å². The molecule has 4 heteroatoms. The molecule has 0 radical (unpaired) electrons. The number of fused-ring (bicyclic) bond motifs is 1. The Bertz CT molecular complexity index is 343. The molecule has 1 heterocycles. The van der Waals surface area contributed by atoms with Crippen LogP contribution >= 0.6 is 0 Å². The maximum Gasteiger partial charge on any atom is 0.161 e. The van der Waals surface area contributed by atoms with E-state index >= 15 is 0 Å². The summed E-state index contributed by atoms with van der Waals surface area (Å²) in [5, 5.41) is 12.1. The zero-order valence-electron chi connectivity index (χ0n) is 9.35. The summed E-state index contributed by atoms with van der Waals surface area (Å²) in [6, 6.07) is 7.74. The lowest BCUT2D eigenvalue weighted by molar-refractivity contribution is 0.0562. The molecule has 0 amide bonds. The topological polar surface area (TPSA) is 50.7 Å². The Kier molecular flexibility index (Phi) is 3.64. The number of aliphatic hydroxyl groups excluding tert-OH is 1. The molecule has 1 aliphatic heterocycles. The molecule has 0 fully saturated rings. The number of ether oxygens (including phenoxy) is 2. The normalized spacial score (nSPS) is 20.5. The van der Waals surface area contributed by atoms with E-state index in [0.717, 1.165) is 11.5 Å². The van der Waals surface area contributed by atoms with Crippen LogP contribution in [0, 0.1) is 0 Å². The van der Waals surface area contributed by atoms with Gasteiger partial charge in [0, 0.05) is 12.6 Å². The summed E-state index contributed by atoms with van der Waals surface area (Å²) < 4.78 is 11.5. The third kappa shape index (κ3) is 2.28. The molecule has 0 aromatic heterocycles. The van der Waals surface area contributed by atoms with Crippen LogP contribution in [0.15, 0.2) is 24.3 Å². The molecule has 1 aromatic rings. The van der Waals surface area contributed by atoms with Crippen molar-refractivity contribution >= 4 is 0 Å². The minimum atomic E-state index is -0.0490. The molecule has 2 unspecified atom stereocenters. The molecule has 2 N–H and O–H groups in total. The van der Waals surface area contributed by atoms with Gasteiger partial charge in [0.25, 0.3) is 0 Å². The molecule has 4 nitrogen and oxygen atoms in total. The fourth-order valence-electron chi connectivity index (χ4n) is 1.89. The third-order valence-electron chi connectivity index (χ3n) is 2.79. The molecule has 16 heavy (non-hydrogen) atoms. The van der Waals surface area contributed by atoms with Crippen LogP contribution in [0.1, 0.15) is 6.42 Å². The number of nitrogens with one attached hydrogen (secondary N) is 1. The van der Waals surface area contributed by atoms with Crippen molar-refractivity contribution in [2.45, 2.75) is 18.6 Å². The molecule has 0 bridgehead atoms. The second-order valence-electron chi connectivity index (χ2n) is 3.82. The van der Waals surface area contributed by atoms with Gasteiger partial charge in [-0.05, 0) is 25.6 Å². The fraction of sp³-hybridized carbons (Fsp3) is 0.500. The number of likely N-dealkylation sites (N-methyl/N-ethyl adjacent to an activating group) is 1. The van der Waals surface area contributed by atoms with Crippen molar-refractivity contribution in [2.24, 2.45) is 0 Å². The van der Waals surface area contributed by atoms with Crippen LogP contribution in [-0.2, 0) is 0 Å². The van der Waals surface area contributed by atoms with Crippen LogP contribution in [0.2, 0.25) is 0 Å². The minimum absolute atomic E-state index is 0.0490. The molecule has 0 saturated carbocycles. The first-order valence-electron chi connectivity index (χ1n) is 5.51. The second-order valence-corrected chi connectivity index (χ2v) is 3.82. The summed E-state index contributed by atoms with van der Waals surface area (Å²) in [6.45, 7) is 0.662. The number of benzene rings is 1. The van der Waals surface area contributed by atoms with Gasteiger partial charge in [-0.3, -0.25) is 0 Å². The van der Waals surface area contributed by atoms with Crippen molar-refractivity contribution in [1.29, 1.82) is 0 Å². The van der Waals surface area contributed by atoms with E-state index in [-0.39, 0.29) is 18.8 Å². The Balaban J connectivity index is 2.06. The molecule has 88 valence electrons. The van der Waals surface area contributed by atoms with Gasteiger partial charge in [0.05, 0.1) is 0 Å². The van der Waals surface area contributed by atoms with Crippen LogP contribution in [0.5, 0.6) is 11.5 Å². The van der Waals surface area contributed by atoms with Crippen molar-refractivity contribution in [3.63, 3.8) is 0 Å². The van der Waals surface area contributed by atoms with Gasteiger partial charge in [-0.25, -0.2) is 0 Å². The molecule has 2 atom stereocenters. The van der Waals surface area contributed by atoms with Crippen molar-refractivity contribution in [3.8, 4) is 11.5 Å². The van der Waals surface area contributed by atoms with E-state index in [0.29, 0.717) is 13.0 Å². The van der Waals surface area contributed by atoms with Crippen molar-refractivity contribution in [2.75, 3.05) is 20.3 Å². The number of para-hydroxylation sites is 2. The van der Waals surface area contributed by atoms with E-state index in [2.05, 4.69) is 5.32 Å². The Morgan fingerprint density at radius 1 is 1.44 bits per heavy atom. The summed E-state index contributed by atoms with van der Waals surface area (Å²) in [4.78, 5) is 0. The zero-order chi connectivity index (χ0) is 11.4. The first-order valence-corrected chi connectivity index (χ1v) is 5.51. The smallest absolute Gasteiger partial charge is 0.161 e. The van der Waals surface area contributed by atoms with Gasteiger partial charge >= 0.3 is 0 Å². The number of rotatable bonds is 4. The summed E-state index contributed by atoms with van der Waals surface area (Å²) in [6.07, 6.45) is 0.610. The lowest BCUT2D eigenvalue weighted by atomic mass is 10.1. The summed E-state index contributed by atoms with van der Waals surface area (Å²) >= 11 is 0. The lowest BCUT2D eigenvalue weighted by Crippen LogP contribution is -2.46. The van der Waals surface area contributed by atoms with Crippen LogP contribution in [0.4, 0.5) is 0 Å². The third-order valence-corrected chi connectivity index (χ3v) is 2.79. The average Bonchev–Trinajstić information content (AvgIpc) is 2.35. The molecule has 0 aliphatic carbocycles. The number of hydrogen-bond donors (Lipinski definition) is 2. The van der Waals surface area contributed by atoms with Crippen LogP contribution in [0.3, 0.4) is 0 Å². The summed E-state index contributed by atoms with van der Waals surface area (Å²) in [5.74, 6) is 1.56. The molecule has 0 spiro atoms. The van der Waals surface area contributed by atoms with Crippen LogP contribution in [0.25, 0.3) is 0 Å². The quantitative estimate of drug-likeness (QED) is 0.792. The highest BCUT2D eigenvalue weighted by atomic mass is 16.6. The van der Waals surface area contributed by atoms with Crippen LogP contribution in [-0.4, -0.2) is 37.5 Å². The van der Waals surface area contributed by atoms with E-state index in [1.54, 1.807) is 0 Å². The van der Waals surface area contributed by atoms with Crippen molar-refractivity contribution in [3.05, 3.63) is 24.3 Å². The van der Waals surface area contributed by atoms with Gasteiger partial charge in [-0.2, -0.15) is 0 Å². The maximum absolute atomic E-state index is 8.96. The molecule has 1 aromatic carbocycles.